The highest BCUT2D eigenvalue weighted by Crippen LogP contribution is 2.46. The van der Waals surface area contributed by atoms with Crippen LogP contribution < -0.4 is 5.32 Å². The van der Waals surface area contributed by atoms with E-state index in [0.29, 0.717) is 18.1 Å². The largest absolute Gasteiger partial charge is 0.326 e. The Kier molecular flexibility index (Phi) is 2.52. The van der Waals surface area contributed by atoms with Crippen molar-refractivity contribution in [2.75, 3.05) is 13.1 Å². The molecule has 0 aromatic heterocycles. The molecule has 1 heterocycles. The number of rotatable bonds is 4. The van der Waals surface area contributed by atoms with Crippen molar-refractivity contribution in [3.05, 3.63) is 0 Å². The van der Waals surface area contributed by atoms with Crippen LogP contribution in [0.15, 0.2) is 0 Å². The van der Waals surface area contributed by atoms with Crippen LogP contribution in [0.3, 0.4) is 0 Å². The minimum atomic E-state index is 0.288. The van der Waals surface area contributed by atoms with Crippen LogP contribution in [0.4, 0.5) is 0 Å². The van der Waals surface area contributed by atoms with Gasteiger partial charge in [0.1, 0.15) is 0 Å². The topological polar surface area (TPSA) is 32.3 Å². The molecule has 2 rings (SSSR count). The lowest BCUT2D eigenvalue weighted by molar-refractivity contribution is -0.128. The third-order valence-electron chi connectivity index (χ3n) is 3.40. The van der Waals surface area contributed by atoms with Crippen molar-refractivity contribution in [3.8, 4) is 0 Å². The molecule has 2 aliphatic rings. The third-order valence-corrected chi connectivity index (χ3v) is 3.40. The zero-order valence-electron chi connectivity index (χ0n) is 9.18. The first-order valence-electron chi connectivity index (χ1n) is 5.67. The van der Waals surface area contributed by atoms with E-state index < -0.39 is 0 Å². The van der Waals surface area contributed by atoms with Gasteiger partial charge in [-0.05, 0) is 24.7 Å². The van der Waals surface area contributed by atoms with E-state index in [9.17, 15) is 4.79 Å². The van der Waals surface area contributed by atoms with Crippen molar-refractivity contribution < 1.29 is 4.79 Å². The van der Waals surface area contributed by atoms with Crippen LogP contribution in [0.1, 0.15) is 39.5 Å². The Bertz CT molecular complexity index is 235. The van der Waals surface area contributed by atoms with Crippen molar-refractivity contribution in [1.29, 1.82) is 0 Å². The highest BCUT2D eigenvalue weighted by molar-refractivity contribution is 5.80. The fourth-order valence-electron chi connectivity index (χ4n) is 2.10. The molecule has 1 aliphatic heterocycles. The second-order valence-electron chi connectivity index (χ2n) is 5.02. The Labute approximate surface area is 85.8 Å². The highest BCUT2D eigenvalue weighted by atomic mass is 16.2. The van der Waals surface area contributed by atoms with Gasteiger partial charge in [0.15, 0.2) is 0 Å². The van der Waals surface area contributed by atoms with E-state index in [-0.39, 0.29) is 5.91 Å². The Morgan fingerprint density at radius 2 is 2.29 bits per heavy atom. The van der Waals surface area contributed by atoms with E-state index in [0.717, 1.165) is 19.4 Å². The normalized spacial score (nSPS) is 29.7. The summed E-state index contributed by atoms with van der Waals surface area (Å²) in [6, 6.07) is 0. The van der Waals surface area contributed by atoms with Gasteiger partial charge in [0.2, 0.25) is 5.91 Å². The lowest BCUT2D eigenvalue weighted by Crippen LogP contribution is -2.40. The first-order chi connectivity index (χ1) is 6.64. The molecule has 3 nitrogen and oxygen atoms in total. The number of nitrogens with one attached hydrogen (secondary N) is 1. The zero-order chi connectivity index (χ0) is 10.2. The van der Waals surface area contributed by atoms with Gasteiger partial charge in [-0.15, -0.1) is 0 Å². The molecular formula is C11H20N2O. The van der Waals surface area contributed by atoms with Gasteiger partial charge < -0.3 is 4.90 Å². The molecule has 0 spiro atoms. The molecule has 1 aliphatic carbocycles. The predicted molar refractivity (Wildman–Crippen MR) is 55.8 cm³/mol. The SMILES string of the molecule is CCCC1NCC(=O)N1CC1(C)CC1. The van der Waals surface area contributed by atoms with Crippen LogP contribution in [-0.2, 0) is 4.79 Å². The van der Waals surface area contributed by atoms with Crippen molar-refractivity contribution in [2.24, 2.45) is 5.41 Å². The van der Waals surface area contributed by atoms with Crippen molar-refractivity contribution in [1.82, 2.24) is 10.2 Å². The maximum atomic E-state index is 11.6. The van der Waals surface area contributed by atoms with Gasteiger partial charge in [0.05, 0.1) is 12.7 Å². The molecule has 1 saturated heterocycles. The summed E-state index contributed by atoms with van der Waals surface area (Å²) in [6.45, 7) is 5.95. The maximum absolute atomic E-state index is 11.6. The van der Waals surface area contributed by atoms with Gasteiger partial charge in [0.25, 0.3) is 0 Å². The second-order valence-corrected chi connectivity index (χ2v) is 5.02. The van der Waals surface area contributed by atoms with Gasteiger partial charge >= 0.3 is 0 Å². The summed E-state index contributed by atoms with van der Waals surface area (Å²) < 4.78 is 0. The number of amides is 1. The van der Waals surface area contributed by atoms with E-state index in [1.54, 1.807) is 0 Å². The van der Waals surface area contributed by atoms with Gasteiger partial charge in [-0.1, -0.05) is 20.3 Å². The maximum Gasteiger partial charge on any atom is 0.237 e. The number of carbonyl (C=O) groups is 1. The fourth-order valence-corrected chi connectivity index (χ4v) is 2.10. The Morgan fingerprint density at radius 3 is 2.86 bits per heavy atom. The summed E-state index contributed by atoms with van der Waals surface area (Å²) in [5.74, 6) is 0.288. The first kappa shape index (κ1) is 9.97. The lowest BCUT2D eigenvalue weighted by Gasteiger charge is -2.26. The minimum absolute atomic E-state index is 0.288. The highest BCUT2D eigenvalue weighted by Gasteiger charge is 2.42. The number of carbonyl (C=O) groups excluding carboxylic acids is 1. The van der Waals surface area contributed by atoms with Crippen molar-refractivity contribution >= 4 is 5.91 Å². The monoisotopic (exact) mass is 196 g/mol. The number of hydrogen-bond acceptors (Lipinski definition) is 2. The van der Waals surface area contributed by atoms with Gasteiger partial charge in [0, 0.05) is 6.54 Å². The summed E-state index contributed by atoms with van der Waals surface area (Å²) >= 11 is 0. The van der Waals surface area contributed by atoms with Gasteiger partial charge in [-0.2, -0.15) is 0 Å². The summed E-state index contributed by atoms with van der Waals surface area (Å²) in [5.41, 5.74) is 0.438. The van der Waals surface area contributed by atoms with Gasteiger partial charge in [-0.25, -0.2) is 0 Å². The molecule has 0 bridgehead atoms. The van der Waals surface area contributed by atoms with Crippen LogP contribution in [-0.4, -0.2) is 30.1 Å². The summed E-state index contributed by atoms with van der Waals surface area (Å²) in [5, 5.41) is 3.28. The lowest BCUT2D eigenvalue weighted by atomic mass is 10.1. The molecule has 0 aromatic carbocycles. The standard InChI is InChI=1S/C11H20N2O/c1-3-4-9-12-7-10(14)13(9)8-11(2)5-6-11/h9,12H,3-8H2,1-2H3. The molecule has 1 atom stereocenters. The van der Waals surface area contributed by atoms with Crippen LogP contribution in [0.25, 0.3) is 0 Å². The second kappa shape index (κ2) is 3.54. The molecule has 3 heteroatoms. The molecule has 14 heavy (non-hydrogen) atoms. The average molecular weight is 196 g/mol. The Balaban J connectivity index is 1.94. The molecule has 0 aromatic rings. The first-order valence-corrected chi connectivity index (χ1v) is 5.67. The molecule has 80 valence electrons. The van der Waals surface area contributed by atoms with E-state index in [1.165, 1.54) is 12.8 Å². The Morgan fingerprint density at radius 1 is 1.57 bits per heavy atom. The summed E-state index contributed by atoms with van der Waals surface area (Å²) in [4.78, 5) is 13.7. The summed E-state index contributed by atoms with van der Waals surface area (Å²) in [6.07, 6.45) is 5.11. The van der Waals surface area contributed by atoms with Crippen LogP contribution in [0.5, 0.6) is 0 Å². The molecule has 1 amide bonds. The molecule has 2 fully saturated rings. The quantitative estimate of drug-likeness (QED) is 0.736. The molecule has 1 unspecified atom stereocenters. The van der Waals surface area contributed by atoms with Crippen molar-refractivity contribution in [3.63, 3.8) is 0 Å². The van der Waals surface area contributed by atoms with Crippen molar-refractivity contribution in [2.45, 2.75) is 45.7 Å². The predicted octanol–water partition coefficient (Wildman–Crippen LogP) is 1.34. The van der Waals surface area contributed by atoms with Crippen LogP contribution >= 0.6 is 0 Å². The number of nitrogens with zero attached hydrogens (tertiary/aromatic N) is 1. The van der Waals surface area contributed by atoms with E-state index in [4.69, 9.17) is 0 Å². The third kappa shape index (κ3) is 1.92. The molecule has 1 N–H and O–H groups in total. The van der Waals surface area contributed by atoms with Gasteiger partial charge in [-0.3, -0.25) is 10.1 Å². The molecule has 0 radical (unpaired) electrons. The zero-order valence-corrected chi connectivity index (χ0v) is 9.18. The van der Waals surface area contributed by atoms with Crippen LogP contribution in [0, 0.1) is 5.41 Å². The van der Waals surface area contributed by atoms with E-state index >= 15 is 0 Å². The Hall–Kier alpha value is -0.570. The fraction of sp³-hybridized carbons (Fsp3) is 0.909. The van der Waals surface area contributed by atoms with E-state index in [1.807, 2.05) is 0 Å². The summed E-state index contributed by atoms with van der Waals surface area (Å²) in [7, 11) is 0. The molecule has 1 saturated carbocycles. The van der Waals surface area contributed by atoms with Crippen LogP contribution in [0.2, 0.25) is 0 Å². The molecular weight excluding hydrogens is 176 g/mol. The average Bonchev–Trinajstić information content (AvgIpc) is 2.79. The number of hydrogen-bond donors (Lipinski definition) is 1. The van der Waals surface area contributed by atoms with E-state index in [2.05, 4.69) is 24.1 Å². The minimum Gasteiger partial charge on any atom is -0.326 e. The smallest absolute Gasteiger partial charge is 0.237 e.